The second kappa shape index (κ2) is 7.77. The number of likely N-dealkylation sites (tertiary alicyclic amines) is 1. The highest BCUT2D eigenvalue weighted by molar-refractivity contribution is 7.88. The molecular formula is C16H23N3O3S. The van der Waals surface area contributed by atoms with Gasteiger partial charge in [-0.2, -0.15) is 5.26 Å². The standard InChI is InChI=1S/C16H23N3O3S/c1-18(23(2,20)21)15-7-9-19(10-8-15)11-12-22-16-6-4-3-5-14(16)13-17/h3-6,15H,7-12H2,1-2H3. The van der Waals surface area contributed by atoms with E-state index in [0.717, 1.165) is 32.5 Å². The fourth-order valence-corrected chi connectivity index (χ4v) is 3.50. The first-order valence-corrected chi connectivity index (χ1v) is 9.54. The minimum atomic E-state index is -3.12. The minimum Gasteiger partial charge on any atom is -0.491 e. The van der Waals surface area contributed by atoms with Crippen molar-refractivity contribution in [3.63, 3.8) is 0 Å². The lowest BCUT2D eigenvalue weighted by molar-refractivity contribution is 0.146. The number of para-hydroxylation sites is 1. The van der Waals surface area contributed by atoms with Crippen molar-refractivity contribution in [1.82, 2.24) is 9.21 Å². The van der Waals surface area contributed by atoms with Crippen LogP contribution in [0.25, 0.3) is 0 Å². The summed E-state index contributed by atoms with van der Waals surface area (Å²) in [6.07, 6.45) is 2.91. The highest BCUT2D eigenvalue weighted by Gasteiger charge is 2.26. The molecule has 23 heavy (non-hydrogen) atoms. The third kappa shape index (κ3) is 4.93. The second-order valence-corrected chi connectivity index (χ2v) is 7.85. The fraction of sp³-hybridized carbons (Fsp3) is 0.562. The lowest BCUT2D eigenvalue weighted by atomic mass is 10.1. The van der Waals surface area contributed by atoms with Crippen molar-refractivity contribution in [2.45, 2.75) is 18.9 Å². The second-order valence-electron chi connectivity index (χ2n) is 5.81. The molecule has 1 fully saturated rings. The highest BCUT2D eigenvalue weighted by atomic mass is 32.2. The van der Waals surface area contributed by atoms with Crippen molar-refractivity contribution in [2.75, 3.05) is 39.5 Å². The van der Waals surface area contributed by atoms with Crippen LogP contribution in [-0.4, -0.2) is 63.2 Å². The molecule has 1 aliphatic heterocycles. The number of sulfonamides is 1. The molecule has 0 bridgehead atoms. The lowest BCUT2D eigenvalue weighted by Gasteiger charge is -2.35. The van der Waals surface area contributed by atoms with Gasteiger partial charge in [-0.1, -0.05) is 12.1 Å². The molecule has 0 N–H and O–H groups in total. The molecule has 2 rings (SSSR count). The average Bonchev–Trinajstić information content (AvgIpc) is 2.54. The zero-order valence-electron chi connectivity index (χ0n) is 13.6. The van der Waals surface area contributed by atoms with Gasteiger partial charge < -0.3 is 4.74 Å². The van der Waals surface area contributed by atoms with Crippen LogP contribution in [0.3, 0.4) is 0 Å². The van der Waals surface area contributed by atoms with Gasteiger partial charge in [-0.05, 0) is 38.1 Å². The molecule has 1 saturated heterocycles. The van der Waals surface area contributed by atoms with E-state index in [1.54, 1.807) is 19.2 Å². The third-order valence-corrected chi connectivity index (χ3v) is 5.61. The van der Waals surface area contributed by atoms with Crippen LogP contribution < -0.4 is 4.74 Å². The Bertz CT molecular complexity index is 661. The number of rotatable bonds is 6. The molecule has 6 nitrogen and oxygen atoms in total. The maximum Gasteiger partial charge on any atom is 0.211 e. The molecule has 0 amide bonds. The zero-order valence-corrected chi connectivity index (χ0v) is 14.4. The van der Waals surface area contributed by atoms with Gasteiger partial charge in [0.15, 0.2) is 0 Å². The summed E-state index contributed by atoms with van der Waals surface area (Å²) < 4.78 is 30.3. The summed E-state index contributed by atoms with van der Waals surface area (Å²) in [5, 5.41) is 9.02. The molecule has 0 spiro atoms. The Hall–Kier alpha value is -1.62. The Kier molecular flexibility index (Phi) is 5.99. The summed E-state index contributed by atoms with van der Waals surface area (Å²) in [5.74, 6) is 0.613. The van der Waals surface area contributed by atoms with Crippen LogP contribution in [0.1, 0.15) is 18.4 Å². The van der Waals surface area contributed by atoms with Gasteiger partial charge in [0.25, 0.3) is 0 Å². The van der Waals surface area contributed by atoms with Gasteiger partial charge in [0, 0.05) is 19.6 Å². The van der Waals surface area contributed by atoms with E-state index in [-0.39, 0.29) is 6.04 Å². The quantitative estimate of drug-likeness (QED) is 0.782. The number of hydrogen-bond acceptors (Lipinski definition) is 5. The monoisotopic (exact) mass is 337 g/mol. The van der Waals surface area contributed by atoms with Crippen LogP contribution in [0.5, 0.6) is 5.75 Å². The first-order valence-electron chi connectivity index (χ1n) is 7.69. The van der Waals surface area contributed by atoms with Crippen LogP contribution in [0.2, 0.25) is 0 Å². The molecule has 7 heteroatoms. The van der Waals surface area contributed by atoms with Gasteiger partial charge in [0.05, 0.1) is 11.8 Å². The largest absolute Gasteiger partial charge is 0.491 e. The van der Waals surface area contributed by atoms with E-state index in [1.165, 1.54) is 10.6 Å². The number of piperidine rings is 1. The van der Waals surface area contributed by atoms with Crippen molar-refractivity contribution in [2.24, 2.45) is 0 Å². The number of ether oxygens (including phenoxy) is 1. The van der Waals surface area contributed by atoms with Crippen molar-refractivity contribution >= 4 is 10.0 Å². The average molecular weight is 337 g/mol. The van der Waals surface area contributed by atoms with Crippen molar-refractivity contribution in [3.8, 4) is 11.8 Å². The normalized spacial score (nSPS) is 17.1. The zero-order chi connectivity index (χ0) is 16.9. The van der Waals surface area contributed by atoms with Crippen molar-refractivity contribution in [1.29, 1.82) is 5.26 Å². The number of benzene rings is 1. The molecule has 1 heterocycles. The van der Waals surface area contributed by atoms with Gasteiger partial charge in [0.1, 0.15) is 18.4 Å². The molecule has 0 atom stereocenters. The van der Waals surface area contributed by atoms with E-state index in [4.69, 9.17) is 10.00 Å². The number of nitrogens with zero attached hydrogens (tertiary/aromatic N) is 3. The van der Waals surface area contributed by atoms with Gasteiger partial charge in [-0.25, -0.2) is 12.7 Å². The Balaban J connectivity index is 1.76. The summed E-state index contributed by atoms with van der Waals surface area (Å²) >= 11 is 0. The molecule has 1 aromatic rings. The minimum absolute atomic E-state index is 0.0847. The van der Waals surface area contributed by atoms with E-state index < -0.39 is 10.0 Å². The number of hydrogen-bond donors (Lipinski definition) is 0. The van der Waals surface area contributed by atoms with E-state index in [2.05, 4.69) is 11.0 Å². The van der Waals surface area contributed by atoms with Crippen LogP contribution in [0.15, 0.2) is 24.3 Å². The van der Waals surface area contributed by atoms with Gasteiger partial charge in [-0.15, -0.1) is 0 Å². The first-order chi connectivity index (χ1) is 10.9. The maximum atomic E-state index is 11.6. The topological polar surface area (TPSA) is 73.6 Å². The fourth-order valence-electron chi connectivity index (χ4n) is 2.75. The molecule has 0 unspecified atom stereocenters. The van der Waals surface area contributed by atoms with E-state index >= 15 is 0 Å². The summed E-state index contributed by atoms with van der Waals surface area (Å²) in [6, 6.07) is 9.40. The summed E-state index contributed by atoms with van der Waals surface area (Å²) in [5.41, 5.74) is 0.543. The van der Waals surface area contributed by atoms with Crippen LogP contribution in [0.4, 0.5) is 0 Å². The molecule has 126 valence electrons. The van der Waals surface area contributed by atoms with Gasteiger partial charge >= 0.3 is 0 Å². The van der Waals surface area contributed by atoms with Gasteiger partial charge in [-0.3, -0.25) is 4.90 Å². The SMILES string of the molecule is CN(C1CCN(CCOc2ccccc2C#N)CC1)S(C)(=O)=O. The van der Waals surface area contributed by atoms with E-state index in [1.807, 2.05) is 12.1 Å². The van der Waals surface area contributed by atoms with Crippen molar-refractivity contribution < 1.29 is 13.2 Å². The molecular weight excluding hydrogens is 314 g/mol. The molecule has 0 aliphatic carbocycles. The lowest BCUT2D eigenvalue weighted by Crippen LogP contribution is -2.46. The molecule has 0 radical (unpaired) electrons. The highest BCUT2D eigenvalue weighted by Crippen LogP contribution is 2.19. The van der Waals surface area contributed by atoms with Crippen molar-refractivity contribution in [3.05, 3.63) is 29.8 Å². The number of nitriles is 1. The molecule has 0 aromatic heterocycles. The Labute approximate surface area is 138 Å². The van der Waals surface area contributed by atoms with Crippen LogP contribution in [-0.2, 0) is 10.0 Å². The van der Waals surface area contributed by atoms with Gasteiger partial charge in [0.2, 0.25) is 10.0 Å². The van der Waals surface area contributed by atoms with Crippen LogP contribution >= 0.6 is 0 Å². The molecule has 0 saturated carbocycles. The Morgan fingerprint density at radius 3 is 2.61 bits per heavy atom. The van der Waals surface area contributed by atoms with Crippen LogP contribution in [0, 0.1) is 11.3 Å². The predicted octanol–water partition coefficient (Wildman–Crippen LogP) is 1.29. The van der Waals surface area contributed by atoms with E-state index in [0.29, 0.717) is 17.9 Å². The molecule has 1 aliphatic rings. The Morgan fingerprint density at radius 1 is 1.35 bits per heavy atom. The smallest absolute Gasteiger partial charge is 0.211 e. The summed E-state index contributed by atoms with van der Waals surface area (Å²) in [7, 11) is -1.47. The first kappa shape index (κ1) is 17.7. The predicted molar refractivity (Wildman–Crippen MR) is 88.7 cm³/mol. The Morgan fingerprint density at radius 2 is 2.00 bits per heavy atom. The third-order valence-electron chi connectivity index (χ3n) is 4.27. The summed E-state index contributed by atoms with van der Waals surface area (Å²) in [6.45, 7) is 3.00. The van der Waals surface area contributed by atoms with E-state index in [9.17, 15) is 8.42 Å². The maximum absolute atomic E-state index is 11.6. The summed E-state index contributed by atoms with van der Waals surface area (Å²) in [4.78, 5) is 2.27. The molecule has 1 aromatic carbocycles.